The van der Waals surface area contributed by atoms with Crippen molar-refractivity contribution in [1.29, 1.82) is 0 Å². The molecule has 0 bridgehead atoms. The number of benzene rings is 3. The van der Waals surface area contributed by atoms with Crippen LogP contribution in [0, 0.1) is 5.89 Å². The molecule has 152 valence electrons. The van der Waals surface area contributed by atoms with Gasteiger partial charge in [0.05, 0.1) is 5.89 Å². The van der Waals surface area contributed by atoms with Gasteiger partial charge in [-0.2, -0.15) is 0 Å². The number of hydrogen-bond donors (Lipinski definition) is 0. The van der Waals surface area contributed by atoms with E-state index in [2.05, 4.69) is 29.2 Å². The number of likely N-dealkylation sites (tertiary alicyclic amines) is 1. The molecule has 0 N–H and O–H groups in total. The molecule has 0 unspecified atom stereocenters. The van der Waals surface area contributed by atoms with Gasteiger partial charge in [-0.25, -0.2) is 0 Å². The van der Waals surface area contributed by atoms with Gasteiger partial charge in [0.2, 0.25) is 0 Å². The maximum atomic E-state index is 13.9. The molecule has 1 heterocycles. The van der Waals surface area contributed by atoms with E-state index in [0.717, 1.165) is 24.0 Å². The first-order valence-electron chi connectivity index (χ1n) is 11.7. The molecule has 2 atom stereocenters. The molecule has 1 aliphatic carbocycles. The standard InChI is InChI=1S/C28H29NO/c30-28(23-17-9-3-10-18-23)25-26(21-13-5-1-6-14-21)29(24-19-11-4-12-20-24)27(25)22-15-7-2-8-16-22/h1-3,5-10,13-18,24-27H,4,11-12,19-20H2/t26-,27-/m1/s1/i25D. The van der Waals surface area contributed by atoms with Gasteiger partial charge in [0.25, 0.3) is 0 Å². The first kappa shape index (κ1) is 18.1. The maximum absolute atomic E-state index is 13.9. The van der Waals surface area contributed by atoms with Gasteiger partial charge in [0, 0.05) is 25.1 Å². The number of carbonyl (C=O) groups excluding carboxylic acids is 1. The van der Waals surface area contributed by atoms with Crippen LogP contribution in [0.2, 0.25) is 0 Å². The molecule has 0 radical (unpaired) electrons. The summed E-state index contributed by atoms with van der Waals surface area (Å²) in [5.74, 6) is -1.34. The molecule has 2 fully saturated rings. The molecule has 3 aromatic rings. The fourth-order valence-electron chi connectivity index (χ4n) is 5.32. The van der Waals surface area contributed by atoms with Crippen molar-refractivity contribution in [2.75, 3.05) is 0 Å². The minimum atomic E-state index is -1.26. The van der Waals surface area contributed by atoms with E-state index in [1.807, 2.05) is 66.7 Å². The van der Waals surface area contributed by atoms with Crippen molar-refractivity contribution in [3.05, 3.63) is 108 Å². The molecule has 30 heavy (non-hydrogen) atoms. The Hall–Kier alpha value is -2.71. The number of ketones is 1. The van der Waals surface area contributed by atoms with Crippen molar-refractivity contribution in [2.45, 2.75) is 50.2 Å². The third-order valence-electron chi connectivity index (χ3n) is 6.71. The lowest BCUT2D eigenvalue weighted by molar-refractivity contribution is -0.0856. The topological polar surface area (TPSA) is 20.3 Å². The van der Waals surface area contributed by atoms with E-state index in [4.69, 9.17) is 0 Å². The van der Waals surface area contributed by atoms with Crippen LogP contribution in [0.5, 0.6) is 0 Å². The van der Waals surface area contributed by atoms with Gasteiger partial charge in [0.15, 0.2) is 5.78 Å². The summed E-state index contributed by atoms with van der Waals surface area (Å²) >= 11 is 0. The van der Waals surface area contributed by atoms with Crippen molar-refractivity contribution in [2.24, 2.45) is 5.89 Å². The molecule has 1 saturated heterocycles. The zero-order valence-corrected chi connectivity index (χ0v) is 17.3. The molecule has 1 saturated carbocycles. The van der Waals surface area contributed by atoms with Crippen LogP contribution in [-0.4, -0.2) is 16.7 Å². The van der Waals surface area contributed by atoms with Crippen LogP contribution in [0.25, 0.3) is 0 Å². The first-order chi connectivity index (χ1) is 15.2. The van der Waals surface area contributed by atoms with Crippen LogP contribution in [0.1, 0.15) is 67.0 Å². The van der Waals surface area contributed by atoms with Crippen LogP contribution < -0.4 is 0 Å². The predicted octanol–water partition coefficient (Wildman–Crippen LogP) is 6.62. The second-order valence-electron chi connectivity index (χ2n) is 8.52. The maximum Gasteiger partial charge on any atom is 0.169 e. The Morgan fingerprint density at radius 2 is 1.17 bits per heavy atom. The summed E-state index contributed by atoms with van der Waals surface area (Å²) in [4.78, 5) is 16.4. The van der Waals surface area contributed by atoms with Crippen LogP contribution in [0.3, 0.4) is 0 Å². The SMILES string of the molecule is [2H]C1(C(=O)c2ccccc2)[C@@H](c2ccccc2)N(C2CCCCC2)[C@@H]1c1ccccc1. The molecule has 0 amide bonds. The quantitative estimate of drug-likeness (QED) is 0.452. The summed E-state index contributed by atoms with van der Waals surface area (Å²) in [6.45, 7) is 0. The van der Waals surface area contributed by atoms with Crippen molar-refractivity contribution in [1.82, 2.24) is 4.90 Å². The van der Waals surface area contributed by atoms with Gasteiger partial charge < -0.3 is 0 Å². The number of nitrogens with zero attached hydrogens (tertiary/aromatic N) is 1. The lowest BCUT2D eigenvalue weighted by Crippen LogP contribution is -2.59. The summed E-state index contributed by atoms with van der Waals surface area (Å²) in [7, 11) is 0. The molecule has 5 rings (SSSR count). The Morgan fingerprint density at radius 1 is 0.700 bits per heavy atom. The van der Waals surface area contributed by atoms with Gasteiger partial charge in [-0.1, -0.05) is 110 Å². The molecule has 3 aromatic carbocycles. The highest BCUT2D eigenvalue weighted by atomic mass is 16.1. The number of hydrogen-bond acceptors (Lipinski definition) is 2. The monoisotopic (exact) mass is 396 g/mol. The second-order valence-corrected chi connectivity index (χ2v) is 8.52. The highest BCUT2D eigenvalue weighted by molar-refractivity contribution is 5.99. The average molecular weight is 397 g/mol. The van der Waals surface area contributed by atoms with E-state index in [-0.39, 0.29) is 17.9 Å². The molecule has 2 nitrogen and oxygen atoms in total. The highest BCUT2D eigenvalue weighted by Crippen LogP contribution is 2.56. The minimum absolute atomic E-state index is 0.0807. The molecule has 0 aromatic heterocycles. The van der Waals surface area contributed by atoms with E-state index in [1.165, 1.54) is 19.3 Å². The van der Waals surface area contributed by atoms with E-state index >= 15 is 0 Å². The minimum Gasteiger partial charge on any atom is -0.294 e. The zero-order chi connectivity index (χ0) is 21.3. The van der Waals surface area contributed by atoms with E-state index in [0.29, 0.717) is 11.6 Å². The molecular weight excluding hydrogens is 366 g/mol. The third-order valence-corrected chi connectivity index (χ3v) is 6.71. The highest BCUT2D eigenvalue weighted by Gasteiger charge is 2.55. The smallest absolute Gasteiger partial charge is 0.169 e. The van der Waals surface area contributed by atoms with Gasteiger partial charge in [0.1, 0.15) is 0 Å². The van der Waals surface area contributed by atoms with Crippen LogP contribution in [0.4, 0.5) is 0 Å². The molecule has 1 aliphatic heterocycles. The van der Waals surface area contributed by atoms with Crippen molar-refractivity contribution in [3.63, 3.8) is 0 Å². The summed E-state index contributed by atoms with van der Waals surface area (Å²) in [5, 5.41) is 0. The first-order valence-corrected chi connectivity index (χ1v) is 11.2. The van der Waals surface area contributed by atoms with Gasteiger partial charge in [-0.3, -0.25) is 9.69 Å². The number of carbonyl (C=O) groups is 1. The third kappa shape index (κ3) is 3.50. The summed E-state index contributed by atoms with van der Waals surface area (Å²) in [5.41, 5.74) is 2.77. The molecule has 0 spiro atoms. The van der Waals surface area contributed by atoms with E-state index in [9.17, 15) is 6.17 Å². The van der Waals surface area contributed by atoms with Crippen LogP contribution >= 0.6 is 0 Å². The molecule has 2 aliphatic rings. The van der Waals surface area contributed by atoms with Crippen molar-refractivity contribution >= 4 is 5.78 Å². The lowest BCUT2D eigenvalue weighted by atomic mass is 9.68. The van der Waals surface area contributed by atoms with Crippen LogP contribution in [0.15, 0.2) is 91.0 Å². The fraction of sp³-hybridized carbons (Fsp3) is 0.321. The Balaban J connectivity index is 1.65. The molecule has 2 heteroatoms. The number of Topliss-reactive ketones (excluding diaryl/α,β-unsaturated/α-hetero) is 1. The Bertz CT molecular complexity index is 967. The predicted molar refractivity (Wildman–Crippen MR) is 121 cm³/mol. The van der Waals surface area contributed by atoms with Crippen molar-refractivity contribution < 1.29 is 6.17 Å². The zero-order valence-electron chi connectivity index (χ0n) is 18.3. The Labute approximate surface area is 181 Å². The van der Waals surface area contributed by atoms with Crippen molar-refractivity contribution in [3.8, 4) is 0 Å². The second kappa shape index (κ2) is 8.57. The normalized spacial score (nSPS) is 24.6. The summed E-state index contributed by atoms with van der Waals surface area (Å²) in [6.07, 6.45) is 6.01. The Kier molecular flexibility index (Phi) is 5.17. The fourth-order valence-corrected chi connectivity index (χ4v) is 5.32. The van der Waals surface area contributed by atoms with E-state index in [1.54, 1.807) is 0 Å². The lowest BCUT2D eigenvalue weighted by Gasteiger charge is -2.59. The summed E-state index contributed by atoms with van der Waals surface area (Å²) in [6, 6.07) is 29.8. The van der Waals surface area contributed by atoms with Gasteiger partial charge in [-0.15, -0.1) is 0 Å². The summed E-state index contributed by atoms with van der Waals surface area (Å²) < 4.78 is 9.75. The number of rotatable bonds is 5. The average Bonchev–Trinajstić information content (AvgIpc) is 2.84. The largest absolute Gasteiger partial charge is 0.294 e. The Morgan fingerprint density at radius 3 is 1.67 bits per heavy atom. The van der Waals surface area contributed by atoms with Crippen LogP contribution in [-0.2, 0) is 0 Å². The molecular formula is C28H29NO. The van der Waals surface area contributed by atoms with E-state index < -0.39 is 5.89 Å². The van der Waals surface area contributed by atoms with Gasteiger partial charge in [-0.05, 0) is 24.0 Å². The van der Waals surface area contributed by atoms with Gasteiger partial charge >= 0.3 is 0 Å².